The predicted octanol–water partition coefficient (Wildman–Crippen LogP) is 6.02. The van der Waals surface area contributed by atoms with Crippen LogP contribution in [0.25, 0.3) is 10.9 Å². The van der Waals surface area contributed by atoms with Crippen LogP contribution < -0.4 is 5.43 Å². The van der Waals surface area contributed by atoms with Gasteiger partial charge in [0.1, 0.15) is 0 Å². The second-order valence-corrected chi connectivity index (χ2v) is 7.11. The minimum atomic E-state index is -6.43. The number of hydrogen-bond acceptors (Lipinski definition) is 2. The van der Waals surface area contributed by atoms with Crippen LogP contribution in [0.4, 0.5) is 30.7 Å². The number of nitrogens with zero attached hydrogens (tertiary/aromatic N) is 2. The monoisotopic (exact) mass is 445 g/mol. The lowest BCUT2D eigenvalue weighted by molar-refractivity contribution is -0.361. The van der Waals surface area contributed by atoms with Crippen molar-refractivity contribution in [3.8, 4) is 0 Å². The molecule has 0 spiro atoms. The van der Waals surface area contributed by atoms with Crippen molar-refractivity contribution in [2.75, 3.05) is 0 Å². The molecule has 2 aromatic carbocycles. The lowest BCUT2D eigenvalue weighted by Crippen LogP contribution is -2.58. The van der Waals surface area contributed by atoms with E-state index in [2.05, 4.69) is 5.10 Å². The molecule has 3 nitrogen and oxygen atoms in total. The summed E-state index contributed by atoms with van der Waals surface area (Å²) in [4.78, 5) is 0. The Morgan fingerprint density at radius 3 is 2.19 bits per heavy atom. The van der Waals surface area contributed by atoms with Crippen LogP contribution in [0.3, 0.4) is 0 Å². The van der Waals surface area contributed by atoms with Crippen LogP contribution in [0.2, 0.25) is 0 Å². The summed E-state index contributed by atoms with van der Waals surface area (Å²) in [6.45, 7) is 3.93. The maximum atomic E-state index is 13.5. The number of hydrogen-bond donors (Lipinski definition) is 1. The molecule has 10 heteroatoms. The topological polar surface area (TPSA) is 29.3 Å². The molecule has 1 aromatic heterocycles. The Bertz CT molecular complexity index is 1100. The summed E-state index contributed by atoms with van der Waals surface area (Å²) in [5, 5.41) is 3.64. The van der Waals surface area contributed by atoms with Gasteiger partial charge in [-0.2, -0.15) is 35.8 Å². The van der Waals surface area contributed by atoms with E-state index < -0.39 is 18.1 Å². The fraction of sp³-hybridized carbons (Fsp3) is 0.286. The second-order valence-electron chi connectivity index (χ2n) is 7.11. The van der Waals surface area contributed by atoms with Gasteiger partial charge in [-0.05, 0) is 31.5 Å². The molecular weight excluding hydrogens is 427 g/mol. The van der Waals surface area contributed by atoms with E-state index >= 15 is 0 Å². The van der Waals surface area contributed by atoms with E-state index in [0.29, 0.717) is 28.6 Å². The first-order chi connectivity index (χ1) is 14.3. The first kappa shape index (κ1) is 22.6. The molecule has 0 saturated heterocycles. The van der Waals surface area contributed by atoms with Crippen LogP contribution in [-0.4, -0.2) is 28.9 Å². The Kier molecular flexibility index (Phi) is 5.77. The number of rotatable bonds is 6. The average Bonchev–Trinajstić information content (AvgIpc) is 2.93. The molecule has 166 valence electrons. The summed E-state index contributed by atoms with van der Waals surface area (Å²) < 4.78 is 91.8. The fourth-order valence-electron chi connectivity index (χ4n) is 3.18. The molecule has 0 aliphatic carbocycles. The lowest BCUT2D eigenvalue weighted by Gasteiger charge is -2.27. The van der Waals surface area contributed by atoms with Gasteiger partial charge in [0.05, 0.1) is 6.21 Å². The number of halogens is 7. The molecule has 0 aliphatic heterocycles. The van der Waals surface area contributed by atoms with Crippen LogP contribution >= 0.6 is 0 Å². The van der Waals surface area contributed by atoms with Gasteiger partial charge in [-0.1, -0.05) is 42.0 Å². The summed E-state index contributed by atoms with van der Waals surface area (Å²) in [6.07, 6.45) is -5.60. The molecule has 31 heavy (non-hydrogen) atoms. The van der Waals surface area contributed by atoms with Crippen molar-refractivity contribution in [1.29, 1.82) is 0 Å². The van der Waals surface area contributed by atoms with Crippen LogP contribution in [0, 0.1) is 13.8 Å². The molecule has 3 rings (SSSR count). The number of nitrogens with one attached hydrogen (secondary N) is 1. The van der Waals surface area contributed by atoms with Crippen molar-refractivity contribution in [3.05, 3.63) is 70.9 Å². The number of aromatic nitrogens is 1. The minimum absolute atomic E-state index is 0.327. The van der Waals surface area contributed by atoms with E-state index in [0.717, 1.165) is 22.9 Å². The summed E-state index contributed by atoms with van der Waals surface area (Å²) >= 11 is 0. The minimum Gasteiger partial charge on any atom is -0.340 e. The zero-order chi connectivity index (χ0) is 23.0. The Labute approximate surface area is 173 Å². The number of aryl methyl sites for hydroxylation is 1. The molecular formula is C21H18F7N3. The van der Waals surface area contributed by atoms with Crippen molar-refractivity contribution in [3.63, 3.8) is 0 Å². The number of hydrazone groups is 1. The normalized spacial score (nSPS) is 13.3. The highest BCUT2D eigenvalue weighted by Gasteiger charge is 2.73. The zero-order valence-corrected chi connectivity index (χ0v) is 16.4. The van der Waals surface area contributed by atoms with Gasteiger partial charge in [0.2, 0.25) is 0 Å². The Hall–Kier alpha value is -3.04. The molecule has 0 fully saturated rings. The van der Waals surface area contributed by atoms with Crippen LogP contribution in [0.5, 0.6) is 0 Å². The van der Waals surface area contributed by atoms with Gasteiger partial charge in [0.25, 0.3) is 0 Å². The molecule has 0 atom stereocenters. The largest absolute Gasteiger partial charge is 0.462 e. The van der Waals surface area contributed by atoms with Crippen LogP contribution in [-0.2, 0) is 6.54 Å². The highest BCUT2D eigenvalue weighted by molar-refractivity contribution is 6.01. The zero-order valence-electron chi connectivity index (χ0n) is 16.4. The smallest absolute Gasteiger partial charge is 0.340 e. The van der Waals surface area contributed by atoms with Gasteiger partial charge >= 0.3 is 18.1 Å². The molecule has 0 amide bonds. The maximum Gasteiger partial charge on any atom is 0.462 e. The van der Waals surface area contributed by atoms with Crippen molar-refractivity contribution in [2.45, 2.75) is 38.5 Å². The molecule has 0 aliphatic rings. The van der Waals surface area contributed by atoms with E-state index in [1.54, 1.807) is 19.9 Å². The van der Waals surface area contributed by atoms with Gasteiger partial charge in [0.15, 0.2) is 0 Å². The summed E-state index contributed by atoms with van der Waals surface area (Å²) in [6, 6.07) is 9.17. The number of fused-ring (bicyclic) bond motifs is 1. The lowest BCUT2D eigenvalue weighted by atomic mass is 10.1. The van der Waals surface area contributed by atoms with Gasteiger partial charge < -0.3 is 4.57 Å². The Morgan fingerprint density at radius 2 is 1.58 bits per heavy atom. The third-order valence-electron chi connectivity index (χ3n) is 4.86. The Morgan fingerprint density at radius 1 is 0.935 bits per heavy atom. The third kappa shape index (κ3) is 4.24. The number of alkyl halides is 7. The molecule has 0 radical (unpaired) electrons. The Balaban J connectivity index is 1.99. The van der Waals surface area contributed by atoms with Gasteiger partial charge in [-0.3, -0.25) is 0 Å². The fourth-order valence-corrected chi connectivity index (χ4v) is 3.18. The standard InChI is InChI=1S/C21H18F7N3/c1-13-8-9-18-16(10-13)17(14(2)31(18)12-15-6-4-3-5-7-15)11-29-30-21(27,28)19(22,23)20(24,25)26/h3-11,30H,12H2,1-2H3/b29-11+. The first-order valence-corrected chi connectivity index (χ1v) is 9.11. The first-order valence-electron chi connectivity index (χ1n) is 9.11. The summed E-state index contributed by atoms with van der Waals surface area (Å²) in [5.41, 5.74) is 4.13. The van der Waals surface area contributed by atoms with Crippen molar-refractivity contribution in [2.24, 2.45) is 5.10 Å². The van der Waals surface area contributed by atoms with E-state index in [1.165, 1.54) is 0 Å². The van der Waals surface area contributed by atoms with Gasteiger partial charge in [-0.15, -0.1) is 0 Å². The molecule has 0 unspecified atom stereocenters. The average molecular weight is 445 g/mol. The quantitative estimate of drug-likeness (QED) is 0.214. The number of benzene rings is 2. The highest BCUT2D eigenvalue weighted by Crippen LogP contribution is 2.45. The van der Waals surface area contributed by atoms with Crippen molar-refractivity contribution in [1.82, 2.24) is 9.99 Å². The highest BCUT2D eigenvalue weighted by atomic mass is 19.4. The van der Waals surface area contributed by atoms with E-state index in [1.807, 2.05) is 47.0 Å². The molecule has 0 saturated carbocycles. The van der Waals surface area contributed by atoms with E-state index in [-0.39, 0.29) is 0 Å². The van der Waals surface area contributed by atoms with Gasteiger partial charge in [-0.25, -0.2) is 5.43 Å². The molecule has 3 aromatic rings. The second kappa shape index (κ2) is 7.90. The molecule has 1 N–H and O–H groups in total. The summed E-state index contributed by atoms with van der Waals surface area (Å²) in [7, 11) is 0. The molecule has 1 heterocycles. The van der Waals surface area contributed by atoms with Crippen molar-refractivity contribution >= 4 is 17.1 Å². The predicted molar refractivity (Wildman–Crippen MR) is 104 cm³/mol. The van der Waals surface area contributed by atoms with E-state index in [4.69, 9.17) is 0 Å². The van der Waals surface area contributed by atoms with Crippen LogP contribution in [0.1, 0.15) is 22.4 Å². The van der Waals surface area contributed by atoms with Gasteiger partial charge in [0, 0.05) is 28.7 Å². The third-order valence-corrected chi connectivity index (χ3v) is 4.86. The SMILES string of the molecule is Cc1ccc2c(c1)c(/C=N/NC(F)(F)C(F)(F)C(F)(F)F)c(C)n2Cc1ccccc1. The van der Waals surface area contributed by atoms with Crippen LogP contribution in [0.15, 0.2) is 53.6 Å². The van der Waals surface area contributed by atoms with Crippen molar-refractivity contribution < 1.29 is 30.7 Å². The van der Waals surface area contributed by atoms with E-state index in [9.17, 15) is 30.7 Å². The molecule has 0 bridgehead atoms. The maximum absolute atomic E-state index is 13.5. The summed E-state index contributed by atoms with van der Waals surface area (Å²) in [5.74, 6) is -6.29.